The molecule has 2 rings (SSSR count). The molecule has 0 amide bonds. The highest BCUT2D eigenvalue weighted by Gasteiger charge is 2.10. The van der Waals surface area contributed by atoms with Gasteiger partial charge in [-0.15, -0.1) is 0 Å². The lowest BCUT2D eigenvalue weighted by Gasteiger charge is -1.94. The van der Waals surface area contributed by atoms with Gasteiger partial charge in [-0.05, 0) is 11.1 Å². The predicted molar refractivity (Wildman–Crippen MR) is 43.0 cm³/mol. The van der Waals surface area contributed by atoms with Gasteiger partial charge in [0.25, 0.3) is 0 Å². The molecule has 0 aromatic heterocycles. The summed E-state index contributed by atoms with van der Waals surface area (Å²) in [6.07, 6.45) is 11.5. The van der Waals surface area contributed by atoms with Crippen LogP contribution in [0.4, 0.5) is 0 Å². The highest BCUT2D eigenvalue weighted by Crippen LogP contribution is 2.20. The molecule has 1 radical (unpaired) electrons. The first-order valence-corrected chi connectivity index (χ1v) is 3.54. The molecule has 0 atom stereocenters. The Hall–Kier alpha value is -1.11. The van der Waals surface area contributed by atoms with Crippen LogP contribution in [0.25, 0.3) is 0 Å². The molecular weight excluding hydrogens is 122 g/mol. The molecule has 0 saturated heterocycles. The van der Waals surface area contributed by atoms with E-state index in [1.165, 1.54) is 11.1 Å². The Balaban J connectivity index is 2.36. The zero-order valence-corrected chi connectivity index (χ0v) is 5.75. The molecule has 1 aliphatic carbocycles. The van der Waals surface area contributed by atoms with E-state index >= 15 is 0 Å². The minimum absolute atomic E-state index is 0.938. The maximum atomic E-state index is 4.18. The molecule has 49 valence electrons. The van der Waals surface area contributed by atoms with Crippen LogP contribution < -0.4 is 4.99 Å². The second kappa shape index (κ2) is 2.25. The summed E-state index contributed by atoms with van der Waals surface area (Å²) in [4.78, 5) is 4.18. The third kappa shape index (κ3) is 0.838. The molecule has 0 N–H and O–H groups in total. The zero-order chi connectivity index (χ0) is 6.81. The van der Waals surface area contributed by atoms with E-state index in [4.69, 9.17) is 0 Å². The fraction of sp³-hybridized carbons (Fsp3) is 0.222. The van der Waals surface area contributed by atoms with Crippen molar-refractivity contribution in [2.75, 3.05) is 6.54 Å². The second-order valence-electron chi connectivity index (χ2n) is 2.48. The third-order valence-corrected chi connectivity index (χ3v) is 1.81. The van der Waals surface area contributed by atoms with Gasteiger partial charge in [0.05, 0.1) is 0 Å². The molecule has 0 aromatic carbocycles. The van der Waals surface area contributed by atoms with Crippen molar-refractivity contribution in [3.8, 4) is 0 Å². The van der Waals surface area contributed by atoms with Crippen LogP contribution in [0.2, 0.25) is 0 Å². The van der Waals surface area contributed by atoms with Gasteiger partial charge in [0.15, 0.2) is 0 Å². The lowest BCUT2D eigenvalue weighted by molar-refractivity contribution is 0.914. The van der Waals surface area contributed by atoms with E-state index in [0.29, 0.717) is 0 Å². The molecule has 0 bridgehead atoms. The van der Waals surface area contributed by atoms with Crippen LogP contribution >= 0.6 is 0 Å². The monoisotopic (exact) mass is 131 g/mol. The molecule has 0 saturated carbocycles. The molecule has 0 aromatic rings. The van der Waals surface area contributed by atoms with Crippen molar-refractivity contribution in [3.63, 3.8) is 0 Å². The molecular formula is C9H9N+. The van der Waals surface area contributed by atoms with Crippen molar-refractivity contribution < 1.29 is 0 Å². The van der Waals surface area contributed by atoms with E-state index in [1.54, 1.807) is 0 Å². The molecule has 10 heavy (non-hydrogen) atoms. The van der Waals surface area contributed by atoms with Gasteiger partial charge in [-0.3, -0.25) is 0 Å². The van der Waals surface area contributed by atoms with Gasteiger partial charge in [-0.1, -0.05) is 18.2 Å². The van der Waals surface area contributed by atoms with Crippen LogP contribution in [0.5, 0.6) is 0 Å². The Bertz CT molecular complexity index is 254. The van der Waals surface area contributed by atoms with Gasteiger partial charge < -0.3 is 0 Å². The Labute approximate surface area is 60.5 Å². The Kier molecular flexibility index (Phi) is 1.28. The zero-order valence-electron chi connectivity index (χ0n) is 5.75. The molecule has 1 aliphatic heterocycles. The first-order valence-electron chi connectivity index (χ1n) is 3.54. The summed E-state index contributed by atoms with van der Waals surface area (Å²) in [5.41, 5.74) is 2.76. The summed E-state index contributed by atoms with van der Waals surface area (Å²) in [5, 5.41) is 0. The summed E-state index contributed by atoms with van der Waals surface area (Å²) in [6.45, 7) is 0.938. The normalized spacial score (nSPS) is 21.6. The van der Waals surface area contributed by atoms with Gasteiger partial charge in [-0.25, -0.2) is 0 Å². The predicted octanol–water partition coefficient (Wildman–Crippen LogP) is 1.22. The first-order chi connectivity index (χ1) is 4.97. The minimum atomic E-state index is 0.938. The summed E-state index contributed by atoms with van der Waals surface area (Å²) in [7, 11) is 0. The quantitative estimate of drug-likeness (QED) is 0.469. The number of allylic oxidation sites excluding steroid dienone is 5. The smallest absolute Gasteiger partial charge is 0.0614 e. The Morgan fingerprint density at radius 2 is 2.30 bits per heavy atom. The number of hydrogen-bond acceptors (Lipinski definition) is 1. The molecule has 0 fully saturated rings. The molecule has 0 spiro atoms. The van der Waals surface area contributed by atoms with Crippen LogP contribution in [0.1, 0.15) is 6.42 Å². The van der Waals surface area contributed by atoms with Crippen LogP contribution in [0, 0.1) is 0 Å². The summed E-state index contributed by atoms with van der Waals surface area (Å²) >= 11 is 0. The van der Waals surface area contributed by atoms with E-state index < -0.39 is 0 Å². The lowest BCUT2D eigenvalue weighted by Crippen LogP contribution is -1.92. The van der Waals surface area contributed by atoms with Gasteiger partial charge >= 0.3 is 0 Å². The molecule has 2 aliphatic rings. The largest absolute Gasteiger partial charge is 0.235 e. The topological polar surface area (TPSA) is 14.1 Å². The SMILES string of the molecule is C1=CC2=CC=[N+]CCC2=C1. The average molecular weight is 131 g/mol. The van der Waals surface area contributed by atoms with Crippen LogP contribution in [0.15, 0.2) is 35.5 Å². The molecule has 1 heterocycles. The minimum Gasteiger partial charge on any atom is -0.0614 e. The van der Waals surface area contributed by atoms with Crippen LogP contribution in [-0.4, -0.2) is 12.8 Å². The van der Waals surface area contributed by atoms with E-state index in [1.807, 2.05) is 6.21 Å². The second-order valence-corrected chi connectivity index (χ2v) is 2.48. The van der Waals surface area contributed by atoms with Crippen molar-refractivity contribution in [3.05, 3.63) is 35.5 Å². The third-order valence-electron chi connectivity index (χ3n) is 1.81. The first kappa shape index (κ1) is 5.66. The van der Waals surface area contributed by atoms with Gasteiger partial charge in [0, 0.05) is 17.5 Å². The van der Waals surface area contributed by atoms with Crippen molar-refractivity contribution in [2.45, 2.75) is 6.42 Å². The summed E-state index contributed by atoms with van der Waals surface area (Å²) < 4.78 is 0. The van der Waals surface area contributed by atoms with E-state index in [9.17, 15) is 0 Å². The number of fused-ring (bicyclic) bond motifs is 1. The number of nitrogens with zero attached hydrogens (tertiary/aromatic N) is 1. The average Bonchev–Trinajstić information content (AvgIpc) is 2.28. The highest BCUT2D eigenvalue weighted by atomic mass is 14.7. The maximum Gasteiger partial charge on any atom is 0.235 e. The lowest BCUT2D eigenvalue weighted by atomic mass is 10.1. The fourth-order valence-corrected chi connectivity index (χ4v) is 1.25. The fourth-order valence-electron chi connectivity index (χ4n) is 1.25. The van der Waals surface area contributed by atoms with Crippen LogP contribution in [0.3, 0.4) is 0 Å². The Morgan fingerprint density at radius 3 is 3.30 bits per heavy atom. The van der Waals surface area contributed by atoms with Gasteiger partial charge in [-0.2, -0.15) is 0 Å². The Morgan fingerprint density at radius 1 is 1.30 bits per heavy atom. The highest BCUT2D eigenvalue weighted by molar-refractivity contribution is 5.75. The van der Waals surface area contributed by atoms with Gasteiger partial charge in [0.1, 0.15) is 0 Å². The molecule has 1 nitrogen and oxygen atoms in total. The van der Waals surface area contributed by atoms with E-state index in [0.717, 1.165) is 13.0 Å². The summed E-state index contributed by atoms with van der Waals surface area (Å²) in [6, 6.07) is 0. The van der Waals surface area contributed by atoms with Crippen LogP contribution in [-0.2, 0) is 0 Å². The number of rotatable bonds is 0. The van der Waals surface area contributed by atoms with Crippen molar-refractivity contribution in [2.24, 2.45) is 0 Å². The molecule has 0 unspecified atom stereocenters. The number of aliphatic imine (C=N–C) groups is 1. The standard InChI is InChI=1S/C9H9N/c1-2-8-4-6-10-7-5-9(8)3-1/h1-4,6H,5,7H2/q+1. The van der Waals surface area contributed by atoms with Crippen molar-refractivity contribution in [1.82, 2.24) is 4.99 Å². The van der Waals surface area contributed by atoms with Crippen molar-refractivity contribution >= 4 is 6.21 Å². The van der Waals surface area contributed by atoms with E-state index in [2.05, 4.69) is 29.3 Å². The van der Waals surface area contributed by atoms with Gasteiger partial charge in [0.2, 0.25) is 12.8 Å². The maximum absolute atomic E-state index is 4.18. The number of hydrogen-bond donors (Lipinski definition) is 0. The van der Waals surface area contributed by atoms with Crippen molar-refractivity contribution in [1.29, 1.82) is 0 Å². The van der Waals surface area contributed by atoms with E-state index in [-0.39, 0.29) is 0 Å². The summed E-state index contributed by atoms with van der Waals surface area (Å²) in [5.74, 6) is 0. The molecule has 1 heteroatoms.